The van der Waals surface area contributed by atoms with Gasteiger partial charge in [-0.25, -0.2) is 8.78 Å². The molecular formula is C14H18F2N2O. The van der Waals surface area contributed by atoms with Crippen LogP contribution in [0.4, 0.5) is 8.78 Å². The standard InChI is InChI=1S/C14H18F2N2O/c1-14(4-6-17-7-5-14)13(19)18-9-10-8-11(15)2-3-12(10)16/h2-3,8,17H,4-7,9H2,1H3,(H,18,19). The van der Waals surface area contributed by atoms with Crippen LogP contribution in [0.3, 0.4) is 0 Å². The van der Waals surface area contributed by atoms with E-state index >= 15 is 0 Å². The predicted octanol–water partition coefficient (Wildman–Crippen LogP) is 1.97. The molecule has 0 aromatic heterocycles. The van der Waals surface area contributed by atoms with Crippen LogP contribution in [0.15, 0.2) is 18.2 Å². The van der Waals surface area contributed by atoms with Gasteiger partial charge in [-0.1, -0.05) is 6.92 Å². The SMILES string of the molecule is CC1(C(=O)NCc2cc(F)ccc2F)CCNCC1. The molecule has 104 valence electrons. The first kappa shape index (κ1) is 13.9. The van der Waals surface area contributed by atoms with Crippen molar-refractivity contribution in [3.63, 3.8) is 0 Å². The van der Waals surface area contributed by atoms with Crippen LogP contribution in [0.1, 0.15) is 25.3 Å². The first-order valence-electron chi connectivity index (χ1n) is 6.44. The zero-order valence-corrected chi connectivity index (χ0v) is 10.9. The molecule has 1 fully saturated rings. The lowest BCUT2D eigenvalue weighted by Crippen LogP contribution is -2.45. The average Bonchev–Trinajstić information content (AvgIpc) is 2.40. The van der Waals surface area contributed by atoms with E-state index in [0.29, 0.717) is 0 Å². The summed E-state index contributed by atoms with van der Waals surface area (Å²) in [4.78, 5) is 12.1. The molecule has 2 rings (SSSR count). The quantitative estimate of drug-likeness (QED) is 0.880. The summed E-state index contributed by atoms with van der Waals surface area (Å²) in [5.74, 6) is -1.10. The van der Waals surface area contributed by atoms with E-state index in [2.05, 4.69) is 10.6 Å². The predicted molar refractivity (Wildman–Crippen MR) is 68.4 cm³/mol. The molecule has 0 spiro atoms. The van der Waals surface area contributed by atoms with Crippen LogP contribution in [0, 0.1) is 17.0 Å². The molecular weight excluding hydrogens is 250 g/mol. The second-order valence-corrected chi connectivity index (χ2v) is 5.23. The summed E-state index contributed by atoms with van der Waals surface area (Å²) in [6.45, 7) is 3.53. The molecule has 19 heavy (non-hydrogen) atoms. The Morgan fingerprint density at radius 1 is 1.37 bits per heavy atom. The van der Waals surface area contributed by atoms with Gasteiger partial charge in [0.15, 0.2) is 0 Å². The van der Waals surface area contributed by atoms with Gasteiger partial charge < -0.3 is 10.6 Å². The third kappa shape index (κ3) is 3.29. The Balaban J connectivity index is 1.98. The Morgan fingerprint density at radius 2 is 2.05 bits per heavy atom. The number of nitrogens with one attached hydrogen (secondary N) is 2. The molecule has 1 aliphatic heterocycles. The number of benzene rings is 1. The van der Waals surface area contributed by atoms with Crippen molar-refractivity contribution < 1.29 is 13.6 Å². The summed E-state index contributed by atoms with van der Waals surface area (Å²) in [6.07, 6.45) is 1.51. The molecule has 1 aromatic rings. The lowest BCUT2D eigenvalue weighted by molar-refractivity contribution is -0.131. The molecule has 0 radical (unpaired) electrons. The molecule has 0 bridgehead atoms. The Bertz CT molecular complexity index is 471. The number of piperidine rings is 1. The highest BCUT2D eigenvalue weighted by Gasteiger charge is 2.34. The van der Waals surface area contributed by atoms with Crippen molar-refractivity contribution in [3.8, 4) is 0 Å². The molecule has 1 aliphatic rings. The lowest BCUT2D eigenvalue weighted by atomic mass is 9.80. The van der Waals surface area contributed by atoms with Gasteiger partial charge in [-0.2, -0.15) is 0 Å². The second-order valence-electron chi connectivity index (χ2n) is 5.23. The van der Waals surface area contributed by atoms with E-state index in [0.717, 1.165) is 44.1 Å². The topological polar surface area (TPSA) is 41.1 Å². The molecule has 1 saturated heterocycles. The molecule has 1 amide bonds. The van der Waals surface area contributed by atoms with E-state index in [4.69, 9.17) is 0 Å². The van der Waals surface area contributed by atoms with Gasteiger partial charge in [0.2, 0.25) is 5.91 Å². The van der Waals surface area contributed by atoms with E-state index in [1.54, 1.807) is 0 Å². The summed E-state index contributed by atoms with van der Waals surface area (Å²) in [7, 11) is 0. The highest BCUT2D eigenvalue weighted by atomic mass is 19.1. The van der Waals surface area contributed by atoms with Crippen LogP contribution < -0.4 is 10.6 Å². The minimum absolute atomic E-state index is 0.0193. The summed E-state index contributed by atoms with van der Waals surface area (Å²) in [5, 5.41) is 5.90. The third-order valence-corrected chi connectivity index (χ3v) is 3.70. The van der Waals surface area contributed by atoms with Gasteiger partial charge in [0, 0.05) is 17.5 Å². The van der Waals surface area contributed by atoms with E-state index in [1.807, 2.05) is 6.92 Å². The molecule has 0 unspecified atom stereocenters. The maximum absolute atomic E-state index is 13.4. The molecule has 1 aromatic carbocycles. The van der Waals surface area contributed by atoms with Crippen LogP contribution in [0.25, 0.3) is 0 Å². The molecule has 1 heterocycles. The van der Waals surface area contributed by atoms with Crippen LogP contribution >= 0.6 is 0 Å². The van der Waals surface area contributed by atoms with Gasteiger partial charge in [0.1, 0.15) is 11.6 Å². The first-order valence-corrected chi connectivity index (χ1v) is 6.44. The van der Waals surface area contributed by atoms with Gasteiger partial charge in [-0.05, 0) is 44.1 Å². The summed E-state index contributed by atoms with van der Waals surface area (Å²) in [5.41, 5.74) is -0.249. The van der Waals surface area contributed by atoms with Crippen LogP contribution in [0.5, 0.6) is 0 Å². The monoisotopic (exact) mass is 268 g/mol. The van der Waals surface area contributed by atoms with Crippen LogP contribution in [-0.2, 0) is 11.3 Å². The fourth-order valence-corrected chi connectivity index (χ4v) is 2.27. The number of halogens is 2. The highest BCUT2D eigenvalue weighted by molar-refractivity contribution is 5.82. The van der Waals surface area contributed by atoms with E-state index < -0.39 is 17.0 Å². The molecule has 0 aliphatic carbocycles. The zero-order chi connectivity index (χ0) is 13.9. The van der Waals surface area contributed by atoms with Crippen molar-refractivity contribution in [1.82, 2.24) is 10.6 Å². The van der Waals surface area contributed by atoms with Crippen molar-refractivity contribution in [1.29, 1.82) is 0 Å². The zero-order valence-electron chi connectivity index (χ0n) is 10.9. The molecule has 2 N–H and O–H groups in total. The number of carbonyl (C=O) groups excluding carboxylic acids is 1. The van der Waals surface area contributed by atoms with E-state index in [-0.39, 0.29) is 18.0 Å². The van der Waals surface area contributed by atoms with Gasteiger partial charge >= 0.3 is 0 Å². The smallest absolute Gasteiger partial charge is 0.226 e. The van der Waals surface area contributed by atoms with Gasteiger partial charge in [0.25, 0.3) is 0 Å². The van der Waals surface area contributed by atoms with Gasteiger partial charge in [-0.15, -0.1) is 0 Å². The fraction of sp³-hybridized carbons (Fsp3) is 0.500. The Hall–Kier alpha value is -1.49. The first-order chi connectivity index (χ1) is 9.01. The molecule has 5 heteroatoms. The average molecular weight is 268 g/mol. The van der Waals surface area contributed by atoms with Crippen molar-refractivity contribution in [2.75, 3.05) is 13.1 Å². The maximum Gasteiger partial charge on any atom is 0.226 e. The summed E-state index contributed by atoms with van der Waals surface area (Å²) < 4.78 is 26.4. The van der Waals surface area contributed by atoms with Crippen molar-refractivity contribution in [2.24, 2.45) is 5.41 Å². The van der Waals surface area contributed by atoms with Gasteiger partial charge in [0.05, 0.1) is 0 Å². The van der Waals surface area contributed by atoms with Crippen molar-refractivity contribution >= 4 is 5.91 Å². The summed E-state index contributed by atoms with van der Waals surface area (Å²) in [6, 6.07) is 3.25. The van der Waals surface area contributed by atoms with E-state index in [9.17, 15) is 13.6 Å². The normalized spacial score (nSPS) is 18.1. The minimum Gasteiger partial charge on any atom is -0.351 e. The lowest BCUT2D eigenvalue weighted by Gasteiger charge is -2.32. The maximum atomic E-state index is 13.4. The van der Waals surface area contributed by atoms with Crippen molar-refractivity contribution in [3.05, 3.63) is 35.4 Å². The number of carbonyl (C=O) groups is 1. The third-order valence-electron chi connectivity index (χ3n) is 3.70. The second kappa shape index (κ2) is 5.65. The largest absolute Gasteiger partial charge is 0.351 e. The molecule has 0 saturated carbocycles. The minimum atomic E-state index is -0.503. The summed E-state index contributed by atoms with van der Waals surface area (Å²) >= 11 is 0. The Labute approximate surface area is 111 Å². The number of amides is 1. The fourth-order valence-electron chi connectivity index (χ4n) is 2.27. The van der Waals surface area contributed by atoms with Crippen molar-refractivity contribution in [2.45, 2.75) is 26.3 Å². The van der Waals surface area contributed by atoms with Gasteiger partial charge in [-0.3, -0.25) is 4.79 Å². The Morgan fingerprint density at radius 3 is 2.74 bits per heavy atom. The molecule has 3 nitrogen and oxygen atoms in total. The Kier molecular flexibility index (Phi) is 4.14. The molecule has 0 atom stereocenters. The number of hydrogen-bond acceptors (Lipinski definition) is 2. The number of hydrogen-bond donors (Lipinski definition) is 2. The van der Waals surface area contributed by atoms with E-state index in [1.165, 1.54) is 0 Å². The number of rotatable bonds is 3. The van der Waals surface area contributed by atoms with Crippen LogP contribution in [0.2, 0.25) is 0 Å². The van der Waals surface area contributed by atoms with Crippen LogP contribution in [-0.4, -0.2) is 19.0 Å². The highest BCUT2D eigenvalue weighted by Crippen LogP contribution is 2.28.